The van der Waals surface area contributed by atoms with Gasteiger partial charge in [0.2, 0.25) is 0 Å². The lowest BCUT2D eigenvalue weighted by atomic mass is 9.78. The van der Waals surface area contributed by atoms with Crippen molar-refractivity contribution in [1.82, 2.24) is 30.2 Å². The summed E-state index contributed by atoms with van der Waals surface area (Å²) in [4.78, 5) is 26.9. The highest BCUT2D eigenvalue weighted by molar-refractivity contribution is 7.99. The number of hydrogen-bond donors (Lipinski definition) is 2. The smallest absolute Gasteiger partial charge is 0.163 e. The third-order valence-corrected chi connectivity index (χ3v) is 9.71. The molecule has 5 heterocycles. The van der Waals surface area contributed by atoms with Gasteiger partial charge in [-0.15, -0.1) is 0 Å². The van der Waals surface area contributed by atoms with Gasteiger partial charge in [-0.2, -0.15) is 0 Å². The van der Waals surface area contributed by atoms with Gasteiger partial charge in [-0.05, 0) is 67.0 Å². The molecule has 1 aromatic carbocycles. The molecule has 4 aromatic heterocycles. The highest BCUT2D eigenvalue weighted by Gasteiger charge is 2.37. The van der Waals surface area contributed by atoms with E-state index in [0.717, 1.165) is 58.3 Å². The van der Waals surface area contributed by atoms with E-state index >= 15 is 0 Å². The lowest BCUT2D eigenvalue weighted by molar-refractivity contribution is 0.215. The molecule has 1 aliphatic heterocycles. The maximum Gasteiger partial charge on any atom is 0.163 e. The topological polar surface area (TPSA) is 82.6 Å². The standard InChI is InChI=1S/C32H35N7S/c1-32(2)19-33-14-13-26(32)39(3)31-28-24(20-8-7-9-20)17-34-18-25(28)36-30(38-31)22-12-15-35-29-23(22)16-27(37-29)40-21-10-5-4-6-11-21/h4-6,10-12,15-18,20,26,33H,7-9,13-14,19H2,1-3H3,(H,35,37). The predicted molar refractivity (Wildman–Crippen MR) is 163 cm³/mol. The molecule has 1 saturated heterocycles. The Labute approximate surface area is 239 Å². The summed E-state index contributed by atoms with van der Waals surface area (Å²) in [6.45, 7) is 6.72. The van der Waals surface area contributed by atoms with Gasteiger partial charge in [0.1, 0.15) is 11.5 Å². The van der Waals surface area contributed by atoms with Crippen molar-refractivity contribution in [3.05, 3.63) is 66.6 Å². The first-order valence-electron chi connectivity index (χ1n) is 14.3. The van der Waals surface area contributed by atoms with Crippen LogP contribution in [0.2, 0.25) is 0 Å². The summed E-state index contributed by atoms with van der Waals surface area (Å²) in [6, 6.07) is 15.0. The zero-order valence-corrected chi connectivity index (χ0v) is 24.1. The summed E-state index contributed by atoms with van der Waals surface area (Å²) < 4.78 is 0. The van der Waals surface area contributed by atoms with E-state index < -0.39 is 0 Å². The predicted octanol–water partition coefficient (Wildman–Crippen LogP) is 6.81. The third kappa shape index (κ3) is 4.53. The summed E-state index contributed by atoms with van der Waals surface area (Å²) in [5.41, 5.74) is 4.16. The highest BCUT2D eigenvalue weighted by atomic mass is 32.2. The lowest BCUT2D eigenvalue weighted by Crippen LogP contribution is -2.53. The van der Waals surface area contributed by atoms with Gasteiger partial charge in [0.05, 0.1) is 16.7 Å². The number of pyridine rings is 2. The summed E-state index contributed by atoms with van der Waals surface area (Å²) in [6.07, 6.45) is 10.6. The van der Waals surface area contributed by atoms with Gasteiger partial charge < -0.3 is 15.2 Å². The van der Waals surface area contributed by atoms with Crippen molar-refractivity contribution in [2.24, 2.45) is 5.41 Å². The van der Waals surface area contributed by atoms with E-state index in [1.165, 1.54) is 35.1 Å². The Hall–Kier alpha value is -3.49. The van der Waals surface area contributed by atoms with Crippen LogP contribution in [0.25, 0.3) is 33.3 Å². The monoisotopic (exact) mass is 549 g/mol. The van der Waals surface area contributed by atoms with Crippen molar-refractivity contribution in [2.75, 3.05) is 25.0 Å². The number of fused-ring (bicyclic) bond motifs is 2. The molecule has 7 nitrogen and oxygen atoms in total. The first-order valence-corrected chi connectivity index (χ1v) is 15.1. The van der Waals surface area contributed by atoms with Gasteiger partial charge >= 0.3 is 0 Å². The largest absolute Gasteiger partial charge is 0.355 e. The minimum Gasteiger partial charge on any atom is -0.355 e. The van der Waals surface area contributed by atoms with Crippen LogP contribution in [0.4, 0.5) is 5.82 Å². The van der Waals surface area contributed by atoms with Crippen LogP contribution in [0.5, 0.6) is 0 Å². The molecule has 1 aliphatic carbocycles. The normalized spacial score (nSPS) is 19.1. The molecule has 0 spiro atoms. The second-order valence-electron chi connectivity index (χ2n) is 11.9. The Kier molecular flexibility index (Phi) is 6.47. The van der Waals surface area contributed by atoms with Crippen LogP contribution in [-0.4, -0.2) is 51.1 Å². The Bertz CT molecular complexity index is 1680. The van der Waals surface area contributed by atoms with Crippen LogP contribution in [0.1, 0.15) is 51.0 Å². The zero-order chi connectivity index (χ0) is 27.3. The number of aromatic nitrogens is 5. The van der Waals surface area contributed by atoms with E-state index in [1.807, 2.05) is 24.5 Å². The average molecular weight is 550 g/mol. The summed E-state index contributed by atoms with van der Waals surface area (Å²) in [5.74, 6) is 2.27. The number of benzene rings is 1. The molecule has 0 bridgehead atoms. The number of rotatable bonds is 6. The minimum atomic E-state index is 0.113. The average Bonchev–Trinajstić information content (AvgIpc) is 3.34. The molecule has 204 valence electrons. The van der Waals surface area contributed by atoms with E-state index in [9.17, 15) is 0 Å². The van der Waals surface area contributed by atoms with Crippen molar-refractivity contribution >= 4 is 39.5 Å². The quantitative estimate of drug-likeness (QED) is 0.241. The van der Waals surface area contributed by atoms with Crippen LogP contribution in [0.3, 0.4) is 0 Å². The molecule has 5 aromatic rings. The Morgan fingerprint density at radius 2 is 1.88 bits per heavy atom. The number of nitrogens with zero attached hydrogens (tertiary/aromatic N) is 5. The molecule has 1 atom stereocenters. The van der Waals surface area contributed by atoms with Crippen molar-refractivity contribution in [3.63, 3.8) is 0 Å². The van der Waals surface area contributed by atoms with Crippen molar-refractivity contribution in [1.29, 1.82) is 0 Å². The molecular formula is C32H35N7S. The third-order valence-electron chi connectivity index (χ3n) is 8.76. The zero-order valence-electron chi connectivity index (χ0n) is 23.3. The van der Waals surface area contributed by atoms with Crippen molar-refractivity contribution in [2.45, 2.75) is 61.4 Å². The van der Waals surface area contributed by atoms with E-state index in [-0.39, 0.29) is 5.41 Å². The van der Waals surface area contributed by atoms with Gasteiger partial charge in [-0.3, -0.25) is 4.98 Å². The van der Waals surface area contributed by atoms with E-state index in [2.05, 4.69) is 82.6 Å². The van der Waals surface area contributed by atoms with E-state index in [0.29, 0.717) is 12.0 Å². The second kappa shape index (κ2) is 10.2. The summed E-state index contributed by atoms with van der Waals surface area (Å²) in [5, 5.41) is 6.83. The molecular weight excluding hydrogens is 514 g/mol. The molecule has 2 aliphatic rings. The number of nitrogens with one attached hydrogen (secondary N) is 2. The van der Waals surface area contributed by atoms with Crippen LogP contribution >= 0.6 is 11.8 Å². The van der Waals surface area contributed by atoms with Crippen LogP contribution in [0, 0.1) is 5.41 Å². The van der Waals surface area contributed by atoms with Crippen LogP contribution in [0.15, 0.2) is 71.0 Å². The van der Waals surface area contributed by atoms with Gasteiger partial charge in [0.25, 0.3) is 0 Å². The molecule has 7 rings (SSSR count). The Balaban J connectivity index is 1.38. The van der Waals surface area contributed by atoms with Gasteiger partial charge in [0, 0.05) is 53.3 Å². The molecule has 1 unspecified atom stereocenters. The van der Waals surface area contributed by atoms with Gasteiger partial charge in [-0.1, -0.05) is 50.2 Å². The molecule has 0 radical (unpaired) electrons. The van der Waals surface area contributed by atoms with Crippen LogP contribution < -0.4 is 10.2 Å². The lowest BCUT2D eigenvalue weighted by Gasteiger charge is -2.45. The highest BCUT2D eigenvalue weighted by Crippen LogP contribution is 2.43. The van der Waals surface area contributed by atoms with Gasteiger partial charge in [0.15, 0.2) is 5.82 Å². The maximum atomic E-state index is 5.37. The van der Waals surface area contributed by atoms with Crippen molar-refractivity contribution in [3.8, 4) is 11.4 Å². The minimum absolute atomic E-state index is 0.113. The van der Waals surface area contributed by atoms with Crippen LogP contribution in [-0.2, 0) is 0 Å². The molecule has 2 N–H and O–H groups in total. The number of hydrogen-bond acceptors (Lipinski definition) is 7. The number of piperidine rings is 1. The SMILES string of the molecule is CN(c1nc(-c2ccnc3[nH]c(Sc4ccccc4)cc23)nc2cncc(C3CCC3)c12)C1CCNCC1(C)C. The molecule has 2 fully saturated rings. The van der Waals surface area contributed by atoms with E-state index in [4.69, 9.17) is 9.97 Å². The maximum absolute atomic E-state index is 5.37. The summed E-state index contributed by atoms with van der Waals surface area (Å²) in [7, 11) is 2.22. The Morgan fingerprint density at radius 1 is 1.02 bits per heavy atom. The fraction of sp³-hybridized carbons (Fsp3) is 0.375. The first kappa shape index (κ1) is 25.5. The molecule has 40 heavy (non-hydrogen) atoms. The second-order valence-corrected chi connectivity index (χ2v) is 13.0. The van der Waals surface area contributed by atoms with Crippen molar-refractivity contribution < 1.29 is 0 Å². The fourth-order valence-corrected chi connectivity index (χ4v) is 7.26. The van der Waals surface area contributed by atoms with E-state index in [1.54, 1.807) is 11.8 Å². The molecule has 0 amide bonds. The Morgan fingerprint density at radius 3 is 2.65 bits per heavy atom. The fourth-order valence-electron chi connectivity index (χ4n) is 6.38. The van der Waals surface area contributed by atoms with Gasteiger partial charge in [-0.25, -0.2) is 15.0 Å². The molecule has 1 saturated carbocycles. The number of aromatic amines is 1. The molecule has 8 heteroatoms. The summed E-state index contributed by atoms with van der Waals surface area (Å²) >= 11 is 1.70. The first-order chi connectivity index (χ1) is 19.5. The number of H-pyrrole nitrogens is 1. The number of anilines is 1.